The van der Waals surface area contributed by atoms with Crippen molar-refractivity contribution in [3.8, 4) is 0 Å². The molecule has 168 valence electrons. The summed E-state index contributed by atoms with van der Waals surface area (Å²) in [6, 6.07) is 19.6. The number of hydrogen-bond acceptors (Lipinski definition) is 3. The van der Waals surface area contributed by atoms with Gasteiger partial charge in [-0.3, -0.25) is 9.59 Å². The summed E-state index contributed by atoms with van der Waals surface area (Å²) in [6.45, 7) is 1.18. The maximum Gasteiger partial charge on any atom is 0.255 e. The summed E-state index contributed by atoms with van der Waals surface area (Å²) >= 11 is 12.0. The van der Waals surface area contributed by atoms with Crippen molar-refractivity contribution in [1.29, 1.82) is 0 Å². The molecule has 0 bridgehead atoms. The maximum absolute atomic E-state index is 13.0. The highest BCUT2D eigenvalue weighted by molar-refractivity contribution is 6.31. The Morgan fingerprint density at radius 2 is 1.79 bits per heavy atom. The average Bonchev–Trinajstić information content (AvgIpc) is 2.79. The first-order valence-corrected chi connectivity index (χ1v) is 11.4. The van der Waals surface area contributed by atoms with E-state index in [1.807, 2.05) is 47.4 Å². The molecule has 0 aromatic heterocycles. The van der Waals surface area contributed by atoms with Crippen molar-refractivity contribution in [3.05, 3.63) is 99.0 Å². The lowest BCUT2D eigenvalue weighted by Crippen LogP contribution is -2.36. The van der Waals surface area contributed by atoms with Gasteiger partial charge in [0.1, 0.15) is 0 Å². The molecule has 0 saturated carbocycles. The number of anilines is 2. The fourth-order valence-electron chi connectivity index (χ4n) is 3.78. The summed E-state index contributed by atoms with van der Waals surface area (Å²) in [6.07, 6.45) is 3.56. The third-order valence-corrected chi connectivity index (χ3v) is 5.95. The Morgan fingerprint density at radius 1 is 1.03 bits per heavy atom. The number of piperidine rings is 1. The van der Waals surface area contributed by atoms with Crippen LogP contribution in [0.15, 0.2) is 72.3 Å². The molecular weight excluding hydrogens is 457 g/mol. The molecule has 4 rings (SSSR count). The van der Waals surface area contributed by atoms with E-state index in [1.54, 1.807) is 30.3 Å². The number of nitrogens with one attached hydrogen (secondary N) is 1. The first-order valence-electron chi connectivity index (χ1n) is 10.6. The van der Waals surface area contributed by atoms with E-state index >= 15 is 0 Å². The highest BCUT2D eigenvalue weighted by Gasteiger charge is 2.23. The van der Waals surface area contributed by atoms with Crippen LogP contribution in [0.1, 0.15) is 34.3 Å². The van der Waals surface area contributed by atoms with Crippen molar-refractivity contribution in [2.24, 2.45) is 0 Å². The molecule has 0 spiro atoms. The lowest BCUT2D eigenvalue weighted by Gasteiger charge is -2.28. The van der Waals surface area contributed by atoms with E-state index in [9.17, 15) is 9.59 Å². The molecule has 3 aromatic rings. The fraction of sp³-hybridized carbons (Fsp3) is 0.154. The van der Waals surface area contributed by atoms with E-state index in [0.29, 0.717) is 40.1 Å². The van der Waals surface area contributed by atoms with Gasteiger partial charge in [0.15, 0.2) is 0 Å². The second-order valence-electron chi connectivity index (χ2n) is 7.94. The van der Waals surface area contributed by atoms with Gasteiger partial charge in [0, 0.05) is 34.3 Å². The Morgan fingerprint density at radius 3 is 2.52 bits per heavy atom. The van der Waals surface area contributed by atoms with Crippen LogP contribution in [0.4, 0.5) is 11.4 Å². The van der Waals surface area contributed by atoms with Gasteiger partial charge in [0.05, 0.1) is 11.4 Å². The Balaban J connectivity index is 1.42. The third kappa shape index (κ3) is 5.75. The molecule has 3 aromatic carbocycles. The quantitative estimate of drug-likeness (QED) is 0.346. The predicted octanol–water partition coefficient (Wildman–Crippen LogP) is 6.03. The van der Waals surface area contributed by atoms with Crippen LogP contribution in [0.25, 0.3) is 6.08 Å². The molecule has 0 atom stereocenters. The molecule has 0 unspecified atom stereocenters. The van der Waals surface area contributed by atoms with E-state index in [1.165, 1.54) is 0 Å². The number of likely N-dealkylation sites (tertiary alicyclic amines) is 1. The van der Waals surface area contributed by atoms with Crippen LogP contribution in [0.3, 0.4) is 0 Å². The van der Waals surface area contributed by atoms with Gasteiger partial charge >= 0.3 is 0 Å². The Kier molecular flexibility index (Phi) is 7.02. The van der Waals surface area contributed by atoms with Gasteiger partial charge in [-0.05, 0) is 72.5 Å². The summed E-state index contributed by atoms with van der Waals surface area (Å²) in [4.78, 5) is 27.4. The van der Waals surface area contributed by atoms with E-state index < -0.39 is 0 Å². The monoisotopic (exact) mass is 479 g/mol. The molecule has 5 nitrogen and oxygen atoms in total. The average molecular weight is 480 g/mol. The topological polar surface area (TPSA) is 75.4 Å². The Bertz CT molecular complexity index is 1220. The number of nitrogen functional groups attached to an aromatic ring is 1. The molecule has 0 aliphatic carbocycles. The van der Waals surface area contributed by atoms with Gasteiger partial charge < -0.3 is 16.0 Å². The van der Waals surface area contributed by atoms with Crippen molar-refractivity contribution in [2.45, 2.75) is 19.4 Å². The largest absolute Gasteiger partial charge is 0.397 e. The number of halogens is 2. The van der Waals surface area contributed by atoms with Crippen LogP contribution in [0.5, 0.6) is 0 Å². The molecule has 3 N–H and O–H groups in total. The summed E-state index contributed by atoms with van der Waals surface area (Å²) < 4.78 is 0. The standard InChI is InChI=1S/C26H23Cl2N3O2/c27-21-5-1-3-18(14-21)13-20-4-2-12-31(26(20)33)16-17-6-8-19(9-7-17)25(32)30-24-11-10-22(28)15-23(24)29/h1,3,5-11,13-15H,2,4,12,16,29H2,(H,30,32)/b20-13+. The van der Waals surface area contributed by atoms with Crippen LogP contribution in [-0.4, -0.2) is 23.3 Å². The molecule has 1 saturated heterocycles. The van der Waals surface area contributed by atoms with Crippen molar-refractivity contribution >= 4 is 52.5 Å². The summed E-state index contributed by atoms with van der Waals surface area (Å²) in [7, 11) is 0. The normalized spacial score (nSPS) is 15.0. The highest BCUT2D eigenvalue weighted by atomic mass is 35.5. The minimum Gasteiger partial charge on any atom is -0.397 e. The SMILES string of the molecule is Nc1cc(Cl)ccc1NC(=O)c1ccc(CN2CCC/C(=C\c3cccc(Cl)c3)C2=O)cc1. The zero-order chi connectivity index (χ0) is 23.4. The van der Waals surface area contributed by atoms with Gasteiger partial charge in [-0.25, -0.2) is 0 Å². The Hall–Kier alpha value is -3.28. The van der Waals surface area contributed by atoms with Crippen LogP contribution in [0.2, 0.25) is 10.0 Å². The second kappa shape index (κ2) is 10.1. The molecule has 1 fully saturated rings. The minimum absolute atomic E-state index is 0.0289. The van der Waals surface area contributed by atoms with Gasteiger partial charge in [-0.15, -0.1) is 0 Å². The van der Waals surface area contributed by atoms with Crippen molar-refractivity contribution in [2.75, 3.05) is 17.6 Å². The predicted molar refractivity (Wildman–Crippen MR) is 134 cm³/mol. The number of amides is 2. The number of benzene rings is 3. The third-order valence-electron chi connectivity index (χ3n) is 5.48. The number of carbonyl (C=O) groups excluding carboxylic acids is 2. The van der Waals surface area contributed by atoms with Gasteiger partial charge in [0.25, 0.3) is 5.91 Å². The lowest BCUT2D eigenvalue weighted by molar-refractivity contribution is -0.129. The van der Waals surface area contributed by atoms with Gasteiger partial charge in [-0.1, -0.05) is 47.5 Å². The van der Waals surface area contributed by atoms with Crippen molar-refractivity contribution < 1.29 is 9.59 Å². The molecule has 0 radical (unpaired) electrons. The van der Waals surface area contributed by atoms with Crippen LogP contribution in [-0.2, 0) is 11.3 Å². The van der Waals surface area contributed by atoms with E-state index in [2.05, 4.69) is 5.32 Å². The summed E-state index contributed by atoms with van der Waals surface area (Å²) in [5.74, 6) is -0.238. The van der Waals surface area contributed by atoms with E-state index in [0.717, 1.165) is 29.5 Å². The summed E-state index contributed by atoms with van der Waals surface area (Å²) in [5.41, 5.74) is 9.97. The fourth-order valence-corrected chi connectivity index (χ4v) is 4.16. The van der Waals surface area contributed by atoms with E-state index in [-0.39, 0.29) is 11.8 Å². The minimum atomic E-state index is -0.267. The van der Waals surface area contributed by atoms with E-state index in [4.69, 9.17) is 28.9 Å². The number of nitrogens with zero attached hydrogens (tertiary/aromatic N) is 1. The first-order chi connectivity index (χ1) is 15.9. The molecular formula is C26H23Cl2N3O2. The first kappa shape index (κ1) is 22.9. The number of rotatable bonds is 5. The lowest BCUT2D eigenvalue weighted by atomic mass is 10.00. The van der Waals surface area contributed by atoms with Crippen LogP contribution < -0.4 is 11.1 Å². The zero-order valence-electron chi connectivity index (χ0n) is 17.9. The highest BCUT2D eigenvalue weighted by Crippen LogP contribution is 2.25. The second-order valence-corrected chi connectivity index (χ2v) is 8.81. The van der Waals surface area contributed by atoms with Crippen LogP contribution >= 0.6 is 23.2 Å². The molecule has 1 aliphatic heterocycles. The summed E-state index contributed by atoms with van der Waals surface area (Å²) in [5, 5.41) is 3.94. The molecule has 33 heavy (non-hydrogen) atoms. The molecule has 2 amide bonds. The van der Waals surface area contributed by atoms with Crippen molar-refractivity contribution in [1.82, 2.24) is 4.90 Å². The smallest absolute Gasteiger partial charge is 0.255 e. The van der Waals surface area contributed by atoms with Crippen molar-refractivity contribution in [3.63, 3.8) is 0 Å². The maximum atomic E-state index is 13.0. The Labute approximate surface area is 202 Å². The molecule has 7 heteroatoms. The number of hydrogen-bond donors (Lipinski definition) is 2. The van der Waals surface area contributed by atoms with Crippen LogP contribution in [0, 0.1) is 0 Å². The number of nitrogens with two attached hydrogens (primary N) is 1. The molecule has 1 heterocycles. The van der Waals surface area contributed by atoms with Gasteiger partial charge in [0.2, 0.25) is 5.91 Å². The number of carbonyl (C=O) groups is 2. The zero-order valence-corrected chi connectivity index (χ0v) is 19.4. The van der Waals surface area contributed by atoms with Gasteiger partial charge in [-0.2, -0.15) is 0 Å². The molecule has 1 aliphatic rings.